The van der Waals surface area contributed by atoms with Crippen molar-refractivity contribution in [2.24, 2.45) is 0 Å². The molecule has 0 N–H and O–H groups in total. The molecular formula is C28H23N3. The molecule has 1 aliphatic rings. The highest BCUT2D eigenvalue weighted by atomic mass is 15.4. The van der Waals surface area contributed by atoms with Crippen LogP contribution >= 0.6 is 0 Å². The third-order valence-corrected chi connectivity index (χ3v) is 6.42. The van der Waals surface area contributed by atoms with Crippen molar-refractivity contribution in [3.8, 4) is 0 Å². The Morgan fingerprint density at radius 2 is 1.32 bits per heavy atom. The van der Waals surface area contributed by atoms with Gasteiger partial charge in [-0.05, 0) is 66.6 Å². The van der Waals surface area contributed by atoms with E-state index in [1.54, 1.807) is 0 Å². The summed E-state index contributed by atoms with van der Waals surface area (Å²) in [7, 11) is 0. The van der Waals surface area contributed by atoms with E-state index in [9.17, 15) is 0 Å². The topological polar surface area (TPSA) is 19.4 Å². The van der Waals surface area contributed by atoms with Crippen LogP contribution in [0.15, 0.2) is 97.2 Å². The number of anilines is 4. The Morgan fingerprint density at radius 3 is 2.16 bits per heavy atom. The summed E-state index contributed by atoms with van der Waals surface area (Å²) < 4.78 is 0. The van der Waals surface area contributed by atoms with E-state index in [1.165, 1.54) is 44.5 Å². The third-order valence-electron chi connectivity index (χ3n) is 6.42. The monoisotopic (exact) mass is 401 g/mol. The summed E-state index contributed by atoms with van der Waals surface area (Å²) in [6.07, 6.45) is 2.01. The molecule has 0 aliphatic carbocycles. The second-order valence-corrected chi connectivity index (χ2v) is 8.18. The zero-order chi connectivity index (χ0) is 20.9. The second kappa shape index (κ2) is 6.85. The lowest BCUT2D eigenvalue weighted by atomic mass is 10.1. The fraction of sp³-hybridized carbons (Fsp3) is 0.107. The lowest BCUT2D eigenvalue weighted by Crippen LogP contribution is -2.35. The molecule has 0 radical (unpaired) electrons. The minimum absolute atomic E-state index is 0.137. The van der Waals surface area contributed by atoms with E-state index >= 15 is 0 Å². The molecule has 4 aromatic carbocycles. The normalized spacial score (nSPS) is 15.6. The van der Waals surface area contributed by atoms with Gasteiger partial charge in [0.2, 0.25) is 0 Å². The van der Waals surface area contributed by atoms with Crippen LogP contribution in [0.25, 0.3) is 21.7 Å². The van der Waals surface area contributed by atoms with Crippen LogP contribution in [0.2, 0.25) is 0 Å². The molecule has 0 saturated heterocycles. The van der Waals surface area contributed by atoms with Crippen molar-refractivity contribution in [2.75, 3.05) is 9.80 Å². The predicted molar refractivity (Wildman–Crippen MR) is 131 cm³/mol. The van der Waals surface area contributed by atoms with Crippen LogP contribution in [-0.4, -0.2) is 11.1 Å². The van der Waals surface area contributed by atoms with Crippen LogP contribution in [0, 0.1) is 6.92 Å². The van der Waals surface area contributed by atoms with Gasteiger partial charge in [0.25, 0.3) is 0 Å². The van der Waals surface area contributed by atoms with E-state index in [0.29, 0.717) is 0 Å². The Labute approximate surface area is 182 Å². The molecule has 6 rings (SSSR count). The Morgan fingerprint density at radius 1 is 0.645 bits per heavy atom. The quantitative estimate of drug-likeness (QED) is 0.309. The van der Waals surface area contributed by atoms with Gasteiger partial charge in [-0.3, -0.25) is 4.98 Å². The van der Waals surface area contributed by atoms with Crippen LogP contribution in [0.3, 0.4) is 0 Å². The number of pyridine rings is 1. The number of aromatic nitrogens is 1. The van der Waals surface area contributed by atoms with Crippen LogP contribution in [0.1, 0.15) is 12.5 Å². The number of benzene rings is 4. The number of fused-ring (bicyclic) bond motifs is 3. The minimum Gasteiger partial charge on any atom is -0.319 e. The van der Waals surface area contributed by atoms with Crippen molar-refractivity contribution in [1.82, 2.24) is 4.98 Å². The molecule has 150 valence electrons. The maximum Gasteiger partial charge on any atom is 0.108 e. The van der Waals surface area contributed by atoms with Crippen LogP contribution in [0.5, 0.6) is 0 Å². The number of nitrogens with zero attached hydrogens (tertiary/aromatic N) is 3. The Balaban J connectivity index is 1.53. The lowest BCUT2D eigenvalue weighted by Gasteiger charge is -2.31. The Hall–Kier alpha value is -3.85. The lowest BCUT2D eigenvalue weighted by molar-refractivity contribution is 0.760. The molecule has 0 unspecified atom stereocenters. The highest BCUT2D eigenvalue weighted by Crippen LogP contribution is 2.48. The van der Waals surface area contributed by atoms with E-state index < -0.39 is 0 Å². The number of hydrogen-bond donors (Lipinski definition) is 0. The number of hydrogen-bond acceptors (Lipinski definition) is 3. The molecule has 3 heteroatoms. The molecular weight excluding hydrogens is 378 g/mol. The first kappa shape index (κ1) is 18.0. The van der Waals surface area contributed by atoms with Gasteiger partial charge in [0.05, 0.1) is 16.9 Å². The van der Waals surface area contributed by atoms with E-state index in [4.69, 9.17) is 0 Å². The van der Waals surface area contributed by atoms with E-state index in [2.05, 4.69) is 114 Å². The highest BCUT2D eigenvalue weighted by Gasteiger charge is 2.35. The summed E-state index contributed by atoms with van der Waals surface area (Å²) in [6, 6.07) is 32.5. The fourth-order valence-corrected chi connectivity index (χ4v) is 4.94. The molecule has 1 aliphatic heterocycles. The zero-order valence-corrected chi connectivity index (χ0v) is 17.7. The van der Waals surface area contributed by atoms with E-state index in [0.717, 1.165) is 5.52 Å². The first-order valence-electron chi connectivity index (χ1n) is 10.7. The van der Waals surface area contributed by atoms with Crippen molar-refractivity contribution < 1.29 is 0 Å². The summed E-state index contributed by atoms with van der Waals surface area (Å²) in [5.74, 6) is 0. The molecule has 2 heterocycles. The largest absolute Gasteiger partial charge is 0.319 e. The average molecular weight is 402 g/mol. The molecule has 0 saturated carbocycles. The van der Waals surface area contributed by atoms with Gasteiger partial charge in [0.15, 0.2) is 0 Å². The molecule has 0 bridgehead atoms. The van der Waals surface area contributed by atoms with Crippen LogP contribution < -0.4 is 9.80 Å². The minimum atomic E-state index is 0.137. The van der Waals surface area contributed by atoms with Gasteiger partial charge in [-0.25, -0.2) is 0 Å². The first-order chi connectivity index (χ1) is 15.2. The summed E-state index contributed by atoms with van der Waals surface area (Å²) in [5, 5.41) is 3.70. The van der Waals surface area contributed by atoms with Gasteiger partial charge in [0, 0.05) is 23.0 Å². The molecule has 0 amide bonds. The van der Waals surface area contributed by atoms with Gasteiger partial charge < -0.3 is 9.80 Å². The summed E-state index contributed by atoms with van der Waals surface area (Å²) >= 11 is 0. The molecule has 3 nitrogen and oxygen atoms in total. The van der Waals surface area contributed by atoms with Crippen LogP contribution in [0.4, 0.5) is 22.7 Å². The number of para-hydroxylation sites is 2. The zero-order valence-electron chi connectivity index (χ0n) is 17.7. The Kier molecular flexibility index (Phi) is 3.97. The highest BCUT2D eigenvalue weighted by molar-refractivity contribution is 5.95. The van der Waals surface area contributed by atoms with Gasteiger partial charge in [-0.15, -0.1) is 0 Å². The number of aryl methyl sites for hydroxylation is 1. The fourth-order valence-electron chi connectivity index (χ4n) is 4.94. The molecule has 0 fully saturated rings. The Bertz CT molecular complexity index is 1440. The van der Waals surface area contributed by atoms with Gasteiger partial charge in [0.1, 0.15) is 6.17 Å². The average Bonchev–Trinajstić information content (AvgIpc) is 3.11. The maximum atomic E-state index is 4.66. The molecule has 31 heavy (non-hydrogen) atoms. The third kappa shape index (κ3) is 2.70. The maximum absolute atomic E-state index is 4.66. The van der Waals surface area contributed by atoms with Crippen molar-refractivity contribution in [3.05, 3.63) is 103 Å². The molecule has 0 spiro atoms. The van der Waals surface area contributed by atoms with Gasteiger partial charge in [-0.2, -0.15) is 0 Å². The summed E-state index contributed by atoms with van der Waals surface area (Å²) in [5.41, 5.74) is 7.13. The van der Waals surface area contributed by atoms with E-state index in [-0.39, 0.29) is 6.17 Å². The van der Waals surface area contributed by atoms with Crippen molar-refractivity contribution in [3.63, 3.8) is 0 Å². The van der Waals surface area contributed by atoms with E-state index in [1.807, 2.05) is 12.3 Å². The van der Waals surface area contributed by atoms with Gasteiger partial charge >= 0.3 is 0 Å². The van der Waals surface area contributed by atoms with Crippen LogP contribution in [-0.2, 0) is 0 Å². The van der Waals surface area contributed by atoms with Crippen molar-refractivity contribution in [1.29, 1.82) is 0 Å². The molecule has 5 aromatic rings. The van der Waals surface area contributed by atoms with Crippen molar-refractivity contribution in [2.45, 2.75) is 20.0 Å². The SMILES string of the molecule is Cc1c(N2c3ccccc3N(c3ccc4ccccc4c3)[C@@H]2C)ccc2cccnc12. The second-order valence-electron chi connectivity index (χ2n) is 8.18. The predicted octanol–water partition coefficient (Wildman–Crippen LogP) is 7.33. The standard InChI is InChI=1S/C28H23N3/c1-19-25(16-14-22-10-7-17-29-28(19)22)31-20(2)30(26-11-5-6-12-27(26)31)24-15-13-21-8-3-4-9-23(21)18-24/h3-18,20H,1-2H3/t20-/m0/s1. The first-order valence-corrected chi connectivity index (χ1v) is 10.7. The molecule has 1 aromatic heterocycles. The summed E-state index contributed by atoms with van der Waals surface area (Å²) in [6.45, 7) is 4.45. The van der Waals surface area contributed by atoms with Gasteiger partial charge in [-0.1, -0.05) is 54.6 Å². The summed E-state index contributed by atoms with van der Waals surface area (Å²) in [4.78, 5) is 9.54. The smallest absolute Gasteiger partial charge is 0.108 e. The molecule has 1 atom stereocenters. The number of rotatable bonds is 2. The van der Waals surface area contributed by atoms with Crippen molar-refractivity contribution >= 4 is 44.4 Å².